The molecular formula is C55H34N6. The van der Waals surface area contributed by atoms with Crippen LogP contribution in [0.5, 0.6) is 0 Å². The number of hydrogen-bond donors (Lipinski definition) is 0. The van der Waals surface area contributed by atoms with Crippen molar-refractivity contribution >= 4 is 0 Å². The van der Waals surface area contributed by atoms with E-state index in [2.05, 4.69) is 133 Å². The van der Waals surface area contributed by atoms with Gasteiger partial charge >= 0.3 is 0 Å². The summed E-state index contributed by atoms with van der Waals surface area (Å²) in [6.45, 7) is 0. The second kappa shape index (κ2) is 14.0. The van der Waals surface area contributed by atoms with Crippen LogP contribution in [0.4, 0.5) is 0 Å². The maximum absolute atomic E-state index is 5.29. The van der Waals surface area contributed by atoms with Gasteiger partial charge in [0, 0.05) is 33.4 Å². The van der Waals surface area contributed by atoms with Crippen molar-refractivity contribution < 1.29 is 0 Å². The average Bonchev–Trinajstić information content (AvgIpc) is 3.81. The summed E-state index contributed by atoms with van der Waals surface area (Å²) in [6, 6.07) is 71.8. The van der Waals surface area contributed by atoms with Crippen LogP contribution in [0, 0.1) is 0 Å². The number of fused-ring (bicyclic) bond motifs is 10. The fraction of sp³-hybridized carbons (Fsp3) is 0.0182. The molecule has 0 aliphatic heterocycles. The van der Waals surface area contributed by atoms with E-state index in [1.165, 1.54) is 44.5 Å². The molecule has 0 N–H and O–H groups in total. The van der Waals surface area contributed by atoms with Crippen LogP contribution in [0.15, 0.2) is 206 Å². The Morgan fingerprint density at radius 3 is 0.967 bits per heavy atom. The van der Waals surface area contributed by atoms with Crippen LogP contribution in [0.2, 0.25) is 0 Å². The largest absolute Gasteiger partial charge is 0.224 e. The topological polar surface area (TPSA) is 77.3 Å². The molecule has 2 aromatic heterocycles. The fourth-order valence-corrected chi connectivity index (χ4v) is 9.49. The third-order valence-electron chi connectivity index (χ3n) is 12.2. The monoisotopic (exact) mass is 778 g/mol. The SMILES string of the molecule is c1ccc(-c2nnc(-c3ccc4c(c3)C3(c5ccccc5-4)c4ccccc4-c4ccc(-c5nnc(-c6ccccc6)c(-c6ccccc6)n5)cc43)nc2-c2ccccc2)cc1. The second-order valence-corrected chi connectivity index (χ2v) is 15.5. The molecule has 2 aliphatic rings. The Morgan fingerprint density at radius 2 is 0.574 bits per heavy atom. The summed E-state index contributed by atoms with van der Waals surface area (Å²) < 4.78 is 0. The summed E-state index contributed by atoms with van der Waals surface area (Å²) >= 11 is 0. The Balaban J connectivity index is 1.07. The summed E-state index contributed by atoms with van der Waals surface area (Å²) in [5.41, 5.74) is 17.7. The van der Waals surface area contributed by atoms with E-state index in [9.17, 15) is 0 Å². The number of rotatable bonds is 6. The Labute approximate surface area is 353 Å². The van der Waals surface area contributed by atoms with E-state index < -0.39 is 5.41 Å². The highest BCUT2D eigenvalue weighted by molar-refractivity contribution is 5.96. The van der Waals surface area contributed by atoms with Gasteiger partial charge in [-0.3, -0.25) is 0 Å². The number of nitrogens with zero attached hydrogens (tertiary/aromatic N) is 6. The number of aromatic nitrogens is 6. The lowest BCUT2D eigenvalue weighted by Crippen LogP contribution is -2.26. The van der Waals surface area contributed by atoms with Crippen LogP contribution in [-0.2, 0) is 5.41 Å². The summed E-state index contributed by atoms with van der Waals surface area (Å²) in [5.74, 6) is 1.14. The van der Waals surface area contributed by atoms with Gasteiger partial charge in [0.1, 0.15) is 22.8 Å². The van der Waals surface area contributed by atoms with Crippen LogP contribution in [0.25, 0.3) is 90.1 Å². The molecule has 284 valence electrons. The first-order valence-electron chi connectivity index (χ1n) is 20.5. The molecule has 0 saturated carbocycles. The van der Waals surface area contributed by atoms with Crippen molar-refractivity contribution in [2.75, 3.05) is 0 Å². The van der Waals surface area contributed by atoms with E-state index in [0.29, 0.717) is 11.6 Å². The lowest BCUT2D eigenvalue weighted by atomic mass is 9.70. The van der Waals surface area contributed by atoms with Gasteiger partial charge in [0.15, 0.2) is 11.6 Å². The molecule has 10 aromatic rings. The van der Waals surface area contributed by atoms with E-state index in [0.717, 1.165) is 56.2 Å². The molecule has 61 heavy (non-hydrogen) atoms. The Kier molecular flexibility index (Phi) is 7.96. The molecule has 1 spiro atoms. The highest BCUT2D eigenvalue weighted by atomic mass is 15.2. The summed E-state index contributed by atoms with van der Waals surface area (Å²) in [7, 11) is 0. The van der Waals surface area contributed by atoms with Crippen molar-refractivity contribution in [3.05, 3.63) is 229 Å². The van der Waals surface area contributed by atoms with Gasteiger partial charge in [0.05, 0.1) is 5.41 Å². The molecule has 12 rings (SSSR count). The van der Waals surface area contributed by atoms with Crippen molar-refractivity contribution in [1.82, 2.24) is 30.4 Å². The molecule has 2 aliphatic carbocycles. The molecular weight excluding hydrogens is 745 g/mol. The minimum atomic E-state index is -0.636. The third kappa shape index (κ3) is 5.43. The van der Waals surface area contributed by atoms with Gasteiger partial charge in [0.2, 0.25) is 0 Å². The van der Waals surface area contributed by atoms with E-state index >= 15 is 0 Å². The molecule has 2 heterocycles. The second-order valence-electron chi connectivity index (χ2n) is 15.5. The maximum atomic E-state index is 5.29. The lowest BCUT2D eigenvalue weighted by Gasteiger charge is -2.31. The highest BCUT2D eigenvalue weighted by Crippen LogP contribution is 2.63. The van der Waals surface area contributed by atoms with Crippen LogP contribution in [0.3, 0.4) is 0 Å². The summed E-state index contributed by atoms with van der Waals surface area (Å²) in [6.07, 6.45) is 0. The average molecular weight is 779 g/mol. The van der Waals surface area contributed by atoms with Gasteiger partial charge in [-0.05, 0) is 56.6 Å². The predicted molar refractivity (Wildman–Crippen MR) is 242 cm³/mol. The summed E-state index contributed by atoms with van der Waals surface area (Å²) in [4.78, 5) is 10.6. The molecule has 6 heteroatoms. The summed E-state index contributed by atoms with van der Waals surface area (Å²) in [5, 5.41) is 19.4. The van der Waals surface area contributed by atoms with Crippen LogP contribution < -0.4 is 0 Å². The number of hydrogen-bond acceptors (Lipinski definition) is 6. The first-order valence-corrected chi connectivity index (χ1v) is 20.5. The van der Waals surface area contributed by atoms with Gasteiger partial charge in [-0.1, -0.05) is 194 Å². The normalized spacial score (nSPS) is 12.7. The van der Waals surface area contributed by atoms with Crippen molar-refractivity contribution in [2.45, 2.75) is 5.41 Å². The maximum Gasteiger partial charge on any atom is 0.182 e. The van der Waals surface area contributed by atoms with E-state index in [1.807, 2.05) is 72.8 Å². The van der Waals surface area contributed by atoms with Crippen molar-refractivity contribution in [3.8, 4) is 90.1 Å². The van der Waals surface area contributed by atoms with Crippen LogP contribution >= 0.6 is 0 Å². The van der Waals surface area contributed by atoms with E-state index in [-0.39, 0.29) is 0 Å². The van der Waals surface area contributed by atoms with E-state index in [1.54, 1.807) is 0 Å². The van der Waals surface area contributed by atoms with Gasteiger partial charge in [-0.2, -0.15) is 0 Å². The first kappa shape index (κ1) is 34.8. The smallest absolute Gasteiger partial charge is 0.182 e. The van der Waals surface area contributed by atoms with Crippen molar-refractivity contribution in [2.24, 2.45) is 0 Å². The molecule has 0 unspecified atom stereocenters. The zero-order valence-corrected chi connectivity index (χ0v) is 32.8. The van der Waals surface area contributed by atoms with Gasteiger partial charge in [0.25, 0.3) is 0 Å². The standard InChI is InChI=1S/C55H34N6/c1-5-17-35(18-6-1)49-51(37-21-9-3-10-22-37)58-60-53(56-49)39-29-31-43-41-25-13-15-27-45(41)55(47(43)33-39)46-28-16-14-26-42(46)44-32-30-40(34-48(44)55)54-57-50(36-19-7-2-8-20-36)52(59-61-54)38-23-11-4-12-24-38/h1-34H. The van der Waals surface area contributed by atoms with Crippen LogP contribution in [0.1, 0.15) is 22.3 Å². The molecule has 0 amide bonds. The molecule has 0 atom stereocenters. The molecule has 0 fully saturated rings. The number of benzene rings is 8. The van der Waals surface area contributed by atoms with Gasteiger partial charge in [-0.25, -0.2) is 9.97 Å². The minimum Gasteiger partial charge on any atom is -0.224 e. The first-order chi connectivity index (χ1) is 30.3. The molecule has 0 saturated heterocycles. The zero-order valence-electron chi connectivity index (χ0n) is 32.8. The Bertz CT molecular complexity index is 3070. The van der Waals surface area contributed by atoms with Gasteiger partial charge < -0.3 is 0 Å². The van der Waals surface area contributed by atoms with Gasteiger partial charge in [-0.15, -0.1) is 20.4 Å². The molecule has 6 nitrogen and oxygen atoms in total. The zero-order chi connectivity index (χ0) is 40.3. The molecule has 8 aromatic carbocycles. The van der Waals surface area contributed by atoms with Crippen molar-refractivity contribution in [3.63, 3.8) is 0 Å². The quantitative estimate of drug-likeness (QED) is 0.167. The molecule has 0 radical (unpaired) electrons. The fourth-order valence-electron chi connectivity index (χ4n) is 9.49. The predicted octanol–water partition coefficient (Wildman–Crippen LogP) is 12.4. The Hall–Kier alpha value is -8.22. The van der Waals surface area contributed by atoms with E-state index in [4.69, 9.17) is 30.4 Å². The Morgan fingerprint density at radius 1 is 0.246 bits per heavy atom. The minimum absolute atomic E-state index is 0.569. The third-order valence-corrected chi connectivity index (χ3v) is 12.2. The lowest BCUT2D eigenvalue weighted by molar-refractivity contribution is 0.793. The molecule has 0 bridgehead atoms. The highest BCUT2D eigenvalue weighted by Gasteiger charge is 2.52. The van der Waals surface area contributed by atoms with Crippen molar-refractivity contribution in [1.29, 1.82) is 0 Å². The van der Waals surface area contributed by atoms with Crippen LogP contribution in [-0.4, -0.2) is 30.4 Å².